The van der Waals surface area contributed by atoms with E-state index in [2.05, 4.69) is 4.74 Å². The predicted molar refractivity (Wildman–Crippen MR) is 127 cm³/mol. The summed E-state index contributed by atoms with van der Waals surface area (Å²) in [5.41, 5.74) is -0.800. The van der Waals surface area contributed by atoms with Crippen molar-refractivity contribution in [2.75, 3.05) is 0 Å². The third-order valence-corrected chi connectivity index (χ3v) is 5.91. The minimum atomic E-state index is -4.99. The zero-order valence-corrected chi connectivity index (χ0v) is 19.9. The molecule has 4 aromatic rings. The Kier molecular flexibility index (Phi) is 7.49. The molecule has 198 valence electrons. The lowest BCUT2D eigenvalue weighted by atomic mass is 9.97. The fourth-order valence-electron chi connectivity index (χ4n) is 3.97. The molecule has 0 atom stereocenters. The van der Waals surface area contributed by atoms with E-state index in [1.165, 1.54) is 12.1 Å². The van der Waals surface area contributed by atoms with E-state index in [0.29, 0.717) is 17.7 Å². The van der Waals surface area contributed by atoms with E-state index < -0.39 is 46.6 Å². The van der Waals surface area contributed by atoms with Crippen LogP contribution >= 0.6 is 0 Å². The lowest BCUT2D eigenvalue weighted by Gasteiger charge is -2.19. The van der Waals surface area contributed by atoms with Crippen LogP contribution in [0.5, 0.6) is 5.75 Å². The number of alkyl halides is 5. The number of rotatable bonds is 7. The van der Waals surface area contributed by atoms with Gasteiger partial charge in [0.05, 0.1) is 11.1 Å². The SMILES string of the molecule is CCCc1ccc(-c2ccc(-c3ccc(C(F)(F)Oc4ccc(C(F)(F)F)c(F)c4)cc3)c(F)c2F)cc1. The van der Waals surface area contributed by atoms with Crippen LogP contribution in [0, 0.1) is 17.5 Å². The molecular formula is C29H20F8O. The van der Waals surface area contributed by atoms with E-state index in [1.807, 2.05) is 19.1 Å². The highest BCUT2D eigenvalue weighted by molar-refractivity contribution is 5.72. The van der Waals surface area contributed by atoms with Crippen LogP contribution in [0.15, 0.2) is 78.9 Å². The first-order chi connectivity index (χ1) is 17.9. The van der Waals surface area contributed by atoms with E-state index in [-0.39, 0.29) is 22.8 Å². The second-order valence-corrected chi connectivity index (χ2v) is 8.57. The van der Waals surface area contributed by atoms with Crippen LogP contribution in [0.4, 0.5) is 35.1 Å². The molecular weight excluding hydrogens is 516 g/mol. The molecule has 0 N–H and O–H groups in total. The second-order valence-electron chi connectivity index (χ2n) is 8.57. The van der Waals surface area contributed by atoms with Crippen molar-refractivity contribution < 1.29 is 39.9 Å². The van der Waals surface area contributed by atoms with Crippen LogP contribution in [0.3, 0.4) is 0 Å². The van der Waals surface area contributed by atoms with Crippen LogP contribution in [0.1, 0.15) is 30.0 Å². The first kappa shape index (κ1) is 27.2. The Labute approximate surface area is 213 Å². The molecule has 4 aromatic carbocycles. The van der Waals surface area contributed by atoms with E-state index in [9.17, 15) is 35.1 Å². The Morgan fingerprint density at radius 1 is 0.658 bits per heavy atom. The summed E-state index contributed by atoms with van der Waals surface area (Å²) in [6.07, 6.45) is -7.24. The molecule has 0 amide bonds. The Hall–Kier alpha value is -3.88. The smallest absolute Gasteiger partial charge is 0.426 e. The van der Waals surface area contributed by atoms with Crippen molar-refractivity contribution in [3.05, 3.63) is 113 Å². The standard InChI is InChI=1S/C29H20F8O/c1-2-3-17-4-6-18(7-5-17)22-13-14-23(27(32)26(22)31)19-8-10-20(11-9-19)29(36,37)38-21-12-15-24(25(30)16-21)28(33,34)35/h4-16H,2-3H2,1H3. The summed E-state index contributed by atoms with van der Waals surface area (Å²) in [6.45, 7) is 2.03. The lowest BCUT2D eigenvalue weighted by Crippen LogP contribution is -2.22. The largest absolute Gasteiger partial charge is 0.429 e. The average molecular weight is 536 g/mol. The molecule has 0 aliphatic rings. The van der Waals surface area contributed by atoms with Crippen LogP contribution in [-0.4, -0.2) is 0 Å². The van der Waals surface area contributed by atoms with Crippen molar-refractivity contribution in [3.8, 4) is 28.0 Å². The summed E-state index contributed by atoms with van der Waals surface area (Å²) in [5.74, 6) is -4.83. The molecule has 0 heterocycles. The quantitative estimate of drug-likeness (QED) is 0.214. The van der Waals surface area contributed by atoms with Crippen molar-refractivity contribution in [2.45, 2.75) is 32.1 Å². The van der Waals surface area contributed by atoms with Crippen LogP contribution in [-0.2, 0) is 18.7 Å². The maximum Gasteiger partial charge on any atom is 0.426 e. The molecule has 4 rings (SSSR count). The molecule has 0 unspecified atom stereocenters. The molecule has 0 radical (unpaired) electrons. The Morgan fingerprint density at radius 2 is 1.18 bits per heavy atom. The van der Waals surface area contributed by atoms with Gasteiger partial charge in [0.15, 0.2) is 11.6 Å². The van der Waals surface area contributed by atoms with Crippen molar-refractivity contribution in [2.24, 2.45) is 0 Å². The first-order valence-electron chi connectivity index (χ1n) is 11.5. The van der Waals surface area contributed by atoms with Gasteiger partial charge in [0, 0.05) is 17.2 Å². The predicted octanol–water partition coefficient (Wildman–Crippen LogP) is 9.54. The van der Waals surface area contributed by atoms with Gasteiger partial charge in [0.25, 0.3) is 0 Å². The molecule has 0 fully saturated rings. The van der Waals surface area contributed by atoms with Gasteiger partial charge in [-0.15, -0.1) is 0 Å². The molecule has 0 aliphatic heterocycles. The van der Waals surface area contributed by atoms with Gasteiger partial charge in [0.1, 0.15) is 11.6 Å². The van der Waals surface area contributed by atoms with Crippen molar-refractivity contribution in [1.29, 1.82) is 0 Å². The Morgan fingerprint density at radius 3 is 1.66 bits per heavy atom. The van der Waals surface area contributed by atoms with Gasteiger partial charge in [-0.05, 0) is 47.4 Å². The molecule has 38 heavy (non-hydrogen) atoms. The average Bonchev–Trinajstić information content (AvgIpc) is 2.86. The molecule has 0 spiro atoms. The fraction of sp³-hybridized carbons (Fsp3) is 0.172. The van der Waals surface area contributed by atoms with Gasteiger partial charge in [-0.1, -0.05) is 61.9 Å². The Bertz CT molecular complexity index is 1430. The number of ether oxygens (including phenoxy) is 1. The number of halogens is 8. The molecule has 1 nitrogen and oxygen atoms in total. The molecule has 0 saturated heterocycles. The lowest BCUT2D eigenvalue weighted by molar-refractivity contribution is -0.185. The minimum Gasteiger partial charge on any atom is -0.429 e. The van der Waals surface area contributed by atoms with Crippen LogP contribution in [0.25, 0.3) is 22.3 Å². The molecule has 0 bridgehead atoms. The first-order valence-corrected chi connectivity index (χ1v) is 11.5. The van der Waals surface area contributed by atoms with E-state index in [0.717, 1.165) is 42.7 Å². The van der Waals surface area contributed by atoms with Gasteiger partial charge in [0.2, 0.25) is 0 Å². The summed E-state index contributed by atoms with van der Waals surface area (Å²) < 4.78 is 115. The third kappa shape index (κ3) is 5.66. The number of benzene rings is 4. The summed E-state index contributed by atoms with van der Waals surface area (Å²) >= 11 is 0. The molecule has 0 saturated carbocycles. The maximum absolute atomic E-state index is 14.9. The normalized spacial score (nSPS) is 12.0. The highest BCUT2D eigenvalue weighted by Crippen LogP contribution is 2.37. The second kappa shape index (κ2) is 10.5. The van der Waals surface area contributed by atoms with Crippen LogP contribution in [0.2, 0.25) is 0 Å². The monoisotopic (exact) mass is 536 g/mol. The van der Waals surface area contributed by atoms with Gasteiger partial charge in [-0.2, -0.15) is 22.0 Å². The summed E-state index contributed by atoms with van der Waals surface area (Å²) in [7, 11) is 0. The van der Waals surface area contributed by atoms with Gasteiger partial charge in [-0.3, -0.25) is 0 Å². The summed E-state index contributed by atoms with van der Waals surface area (Å²) in [4.78, 5) is 0. The van der Waals surface area contributed by atoms with Gasteiger partial charge < -0.3 is 4.74 Å². The molecule has 9 heteroatoms. The number of hydrogen-bond acceptors (Lipinski definition) is 1. The summed E-state index contributed by atoms with van der Waals surface area (Å²) in [5, 5.41) is 0. The topological polar surface area (TPSA) is 9.23 Å². The third-order valence-electron chi connectivity index (χ3n) is 5.91. The minimum absolute atomic E-state index is 0.0506. The van der Waals surface area contributed by atoms with E-state index >= 15 is 0 Å². The van der Waals surface area contributed by atoms with Crippen molar-refractivity contribution in [1.82, 2.24) is 0 Å². The number of aryl methyl sites for hydroxylation is 1. The van der Waals surface area contributed by atoms with Gasteiger partial charge in [-0.25, -0.2) is 13.2 Å². The van der Waals surface area contributed by atoms with Crippen LogP contribution < -0.4 is 4.74 Å². The highest BCUT2D eigenvalue weighted by Gasteiger charge is 2.37. The maximum atomic E-state index is 14.9. The van der Waals surface area contributed by atoms with Gasteiger partial charge >= 0.3 is 12.3 Å². The molecule has 0 aromatic heterocycles. The van der Waals surface area contributed by atoms with E-state index in [4.69, 9.17) is 0 Å². The van der Waals surface area contributed by atoms with Crippen molar-refractivity contribution >= 4 is 0 Å². The summed E-state index contributed by atoms with van der Waals surface area (Å²) in [6, 6.07) is 14.9. The number of hydrogen-bond donors (Lipinski definition) is 0. The highest BCUT2D eigenvalue weighted by atomic mass is 19.4. The fourth-order valence-corrected chi connectivity index (χ4v) is 3.97. The van der Waals surface area contributed by atoms with E-state index in [1.54, 1.807) is 12.1 Å². The molecule has 0 aliphatic carbocycles. The Balaban J connectivity index is 1.55. The zero-order valence-electron chi connectivity index (χ0n) is 19.9. The zero-order chi connectivity index (χ0) is 27.7. The van der Waals surface area contributed by atoms with Crippen molar-refractivity contribution in [3.63, 3.8) is 0 Å².